The van der Waals surface area contributed by atoms with Crippen LogP contribution < -0.4 is 4.90 Å². The number of cyclic esters (lactones) is 1. The Bertz CT molecular complexity index is 477. The maximum atomic E-state index is 11.3. The topological polar surface area (TPSA) is 72.7 Å². The number of carbonyl (C=O) groups excluding carboxylic acids is 1. The number of hydrogen-bond donors (Lipinski definition) is 0. The molecule has 0 N–H and O–H groups in total. The molecule has 0 atom stereocenters. The Balaban J connectivity index is 2.40. The SMILES string of the molecule is CSc1ccc(N2CCOC2=O)cc1[N+](=O)[O-]. The Morgan fingerprint density at radius 1 is 1.53 bits per heavy atom. The van der Waals surface area contributed by atoms with E-state index < -0.39 is 11.0 Å². The van der Waals surface area contributed by atoms with Gasteiger partial charge in [-0.25, -0.2) is 4.79 Å². The highest BCUT2D eigenvalue weighted by Gasteiger charge is 2.25. The fraction of sp³-hybridized carbons (Fsp3) is 0.300. The first-order valence-electron chi connectivity index (χ1n) is 4.90. The number of nitro groups is 1. The minimum Gasteiger partial charge on any atom is -0.447 e. The van der Waals surface area contributed by atoms with Gasteiger partial charge in [0.15, 0.2) is 0 Å². The number of carbonyl (C=O) groups is 1. The zero-order chi connectivity index (χ0) is 12.4. The van der Waals surface area contributed by atoms with Crippen molar-refractivity contribution in [2.24, 2.45) is 0 Å². The molecule has 0 unspecified atom stereocenters. The van der Waals surface area contributed by atoms with Gasteiger partial charge < -0.3 is 4.74 Å². The second-order valence-corrected chi connectivity index (χ2v) is 4.23. The van der Waals surface area contributed by atoms with Crippen molar-refractivity contribution in [3.05, 3.63) is 28.3 Å². The van der Waals surface area contributed by atoms with Crippen molar-refractivity contribution in [1.82, 2.24) is 0 Å². The standard InChI is InChI=1S/C10H10N2O4S/c1-17-9-3-2-7(6-8(9)12(14)15)11-4-5-16-10(11)13/h2-3,6H,4-5H2,1H3. The van der Waals surface area contributed by atoms with Crippen LogP contribution in [0.1, 0.15) is 0 Å². The van der Waals surface area contributed by atoms with E-state index in [0.29, 0.717) is 23.7 Å². The molecule has 1 saturated heterocycles. The van der Waals surface area contributed by atoms with Crippen LogP contribution in [0.5, 0.6) is 0 Å². The molecular formula is C10H10N2O4S. The zero-order valence-electron chi connectivity index (χ0n) is 9.08. The maximum Gasteiger partial charge on any atom is 0.414 e. The summed E-state index contributed by atoms with van der Waals surface area (Å²) in [7, 11) is 0. The summed E-state index contributed by atoms with van der Waals surface area (Å²) in [6.07, 6.45) is 1.31. The summed E-state index contributed by atoms with van der Waals surface area (Å²) in [5.41, 5.74) is 0.506. The van der Waals surface area contributed by atoms with Crippen LogP contribution in [-0.4, -0.2) is 30.4 Å². The van der Waals surface area contributed by atoms with E-state index in [9.17, 15) is 14.9 Å². The molecule has 1 aliphatic rings. The Labute approximate surface area is 102 Å². The number of nitrogens with zero attached hydrogens (tertiary/aromatic N) is 2. The van der Waals surface area contributed by atoms with E-state index in [1.165, 1.54) is 22.7 Å². The van der Waals surface area contributed by atoms with Crippen molar-refractivity contribution in [3.63, 3.8) is 0 Å². The van der Waals surface area contributed by atoms with E-state index in [4.69, 9.17) is 4.74 Å². The van der Waals surface area contributed by atoms with Crippen molar-refractivity contribution in [2.75, 3.05) is 24.3 Å². The smallest absolute Gasteiger partial charge is 0.414 e. The highest BCUT2D eigenvalue weighted by Crippen LogP contribution is 2.32. The summed E-state index contributed by atoms with van der Waals surface area (Å²) in [6.45, 7) is 0.742. The molecule has 6 nitrogen and oxygen atoms in total. The molecule has 0 radical (unpaired) electrons. The van der Waals surface area contributed by atoms with Crippen molar-refractivity contribution in [1.29, 1.82) is 0 Å². The lowest BCUT2D eigenvalue weighted by Gasteiger charge is -2.12. The molecule has 1 amide bonds. The van der Waals surface area contributed by atoms with Gasteiger partial charge in [-0.2, -0.15) is 0 Å². The molecule has 1 aromatic rings. The van der Waals surface area contributed by atoms with E-state index in [1.54, 1.807) is 18.4 Å². The Morgan fingerprint density at radius 2 is 2.29 bits per heavy atom. The summed E-state index contributed by atoms with van der Waals surface area (Å²) in [5, 5.41) is 10.9. The molecule has 7 heteroatoms. The molecule has 1 fully saturated rings. The number of benzene rings is 1. The maximum absolute atomic E-state index is 11.3. The van der Waals surface area contributed by atoms with E-state index >= 15 is 0 Å². The van der Waals surface area contributed by atoms with Crippen LogP contribution in [0.4, 0.5) is 16.2 Å². The van der Waals surface area contributed by atoms with E-state index in [0.717, 1.165) is 0 Å². The van der Waals surface area contributed by atoms with E-state index in [-0.39, 0.29) is 5.69 Å². The average molecular weight is 254 g/mol. The molecule has 1 heterocycles. The number of nitro benzene ring substituents is 1. The molecule has 1 aliphatic heterocycles. The van der Waals surface area contributed by atoms with Gasteiger partial charge in [-0.3, -0.25) is 15.0 Å². The first kappa shape index (κ1) is 11.7. The number of anilines is 1. The number of hydrogen-bond acceptors (Lipinski definition) is 5. The molecule has 0 bridgehead atoms. The minimum atomic E-state index is -0.462. The Hall–Kier alpha value is -1.76. The lowest BCUT2D eigenvalue weighted by Crippen LogP contribution is -2.23. The molecular weight excluding hydrogens is 244 g/mol. The van der Waals surface area contributed by atoms with Gasteiger partial charge in [0, 0.05) is 6.07 Å². The second-order valence-electron chi connectivity index (χ2n) is 3.38. The number of ether oxygens (including phenoxy) is 1. The third-order valence-corrected chi connectivity index (χ3v) is 3.22. The first-order chi connectivity index (χ1) is 8.13. The van der Waals surface area contributed by atoms with Gasteiger partial charge in [0.2, 0.25) is 0 Å². The van der Waals surface area contributed by atoms with Gasteiger partial charge in [0.25, 0.3) is 5.69 Å². The summed E-state index contributed by atoms with van der Waals surface area (Å²) >= 11 is 1.30. The van der Waals surface area contributed by atoms with Gasteiger partial charge in [0.1, 0.15) is 6.61 Å². The molecule has 1 aromatic carbocycles. The monoisotopic (exact) mass is 254 g/mol. The fourth-order valence-corrected chi connectivity index (χ4v) is 2.16. The molecule has 0 aliphatic carbocycles. The van der Waals surface area contributed by atoms with Gasteiger partial charge in [-0.1, -0.05) is 0 Å². The molecule has 0 spiro atoms. The van der Waals surface area contributed by atoms with Gasteiger partial charge in [-0.15, -0.1) is 11.8 Å². The molecule has 0 saturated carbocycles. The summed E-state index contributed by atoms with van der Waals surface area (Å²) in [5.74, 6) is 0. The van der Waals surface area contributed by atoms with Crippen LogP contribution in [0, 0.1) is 10.1 Å². The number of rotatable bonds is 3. The van der Waals surface area contributed by atoms with Crippen LogP contribution >= 0.6 is 11.8 Å². The van der Waals surface area contributed by atoms with Crippen molar-refractivity contribution >= 4 is 29.2 Å². The predicted molar refractivity (Wildman–Crippen MR) is 63.6 cm³/mol. The van der Waals surface area contributed by atoms with Gasteiger partial charge in [0.05, 0.1) is 22.1 Å². The Kier molecular flexibility index (Phi) is 3.19. The van der Waals surface area contributed by atoms with Crippen LogP contribution in [-0.2, 0) is 4.74 Å². The third-order valence-electron chi connectivity index (χ3n) is 2.43. The average Bonchev–Trinajstić information content (AvgIpc) is 2.74. The summed E-state index contributed by atoms with van der Waals surface area (Å²) in [6, 6.07) is 4.73. The quantitative estimate of drug-likeness (QED) is 0.470. The molecule has 0 aromatic heterocycles. The van der Waals surface area contributed by atoms with Crippen molar-refractivity contribution in [2.45, 2.75) is 4.90 Å². The second kappa shape index (κ2) is 4.62. The normalized spacial score (nSPS) is 14.9. The van der Waals surface area contributed by atoms with Crippen LogP contribution in [0.2, 0.25) is 0 Å². The van der Waals surface area contributed by atoms with Crippen molar-refractivity contribution < 1.29 is 14.5 Å². The largest absolute Gasteiger partial charge is 0.447 e. The number of amides is 1. The van der Waals surface area contributed by atoms with Gasteiger partial charge in [-0.05, 0) is 18.4 Å². The summed E-state index contributed by atoms with van der Waals surface area (Å²) in [4.78, 5) is 23.7. The molecule has 90 valence electrons. The highest BCUT2D eigenvalue weighted by molar-refractivity contribution is 7.98. The van der Waals surface area contributed by atoms with Crippen LogP contribution in [0.25, 0.3) is 0 Å². The van der Waals surface area contributed by atoms with Crippen LogP contribution in [0.3, 0.4) is 0 Å². The molecule has 2 rings (SSSR count). The zero-order valence-corrected chi connectivity index (χ0v) is 9.90. The Morgan fingerprint density at radius 3 is 2.82 bits per heavy atom. The van der Waals surface area contributed by atoms with Gasteiger partial charge >= 0.3 is 6.09 Å². The lowest BCUT2D eigenvalue weighted by molar-refractivity contribution is -0.387. The van der Waals surface area contributed by atoms with E-state index in [2.05, 4.69) is 0 Å². The molecule has 17 heavy (non-hydrogen) atoms. The van der Waals surface area contributed by atoms with Crippen LogP contribution in [0.15, 0.2) is 23.1 Å². The van der Waals surface area contributed by atoms with Crippen molar-refractivity contribution in [3.8, 4) is 0 Å². The predicted octanol–water partition coefficient (Wildman–Crippen LogP) is 2.27. The number of thioether (sulfide) groups is 1. The van der Waals surface area contributed by atoms with E-state index in [1.807, 2.05) is 0 Å². The lowest BCUT2D eigenvalue weighted by atomic mass is 10.2. The fourth-order valence-electron chi connectivity index (χ4n) is 1.62. The minimum absolute atomic E-state index is 0.00898. The summed E-state index contributed by atoms with van der Waals surface area (Å²) < 4.78 is 4.79. The third kappa shape index (κ3) is 2.19. The first-order valence-corrected chi connectivity index (χ1v) is 6.12. The highest BCUT2D eigenvalue weighted by atomic mass is 32.2.